The van der Waals surface area contributed by atoms with Crippen molar-refractivity contribution in [2.75, 3.05) is 69.8 Å². The molecule has 0 amide bonds. The largest absolute Gasteiger partial charge is 0.496 e. The van der Waals surface area contributed by atoms with Crippen LogP contribution in [0.15, 0.2) is 256 Å². The molecule has 0 spiro atoms. The number of nitrogens with two attached hydrogens (primary N) is 1. The number of methoxy groups -OCH3 is 3. The number of nitrogen functional groups attached to an aromatic ring is 1. The first-order valence-corrected chi connectivity index (χ1v) is 46.3. The molecule has 0 aliphatic carbocycles. The van der Waals surface area contributed by atoms with E-state index >= 15 is 0 Å². The standard InChI is InChI=1S/C28H27FN6O.C27H25FN6O.C26H23FN6O.C24H22ClFN6O/c1-3-30-28-31-15-13-22(32-28)27-26(18-7-9-19(29)10-8-18)33-25-12-11-20(35(25)27)17-34-16-14-21-23(34)5-4-6-24(21)36-2;1-29-27-30-14-12-21(31-27)26-25(17-6-8-18(28)9-7-17)32-24-11-10-19(34(24)26)16-33-15-13-20-22(33)4-3-5-23(20)35-2;1-34-22-4-2-3-21-19(22)12-14-32(21)15-18-9-10-23-31-24(16-5-7-17(27)8-6-16)25(33(18)23)20-11-13-29-26(28)30-20;1-2-27-24-28-12-11-19(30-24)23-22(15-3-6-17(26)7-4-15)31-20-9-8-18(32(20)23)14-33-21-10-5-16(25)13-29-21/h4-10,13-16,20H,3,11-12,17H2,1-2H3,(H,30,31,32);3-9,12-15,19H,10-11,16H2,1-2H3,(H,29,30,31);2-8,11-14,18H,9-10,15H2,1H3,(H2,28,29,30);3-7,10-13,18H,2,8-9,14H2,1H3,(H,27,28,30)/t20-;19-;2*18-/m0000/s1. The van der Waals surface area contributed by atoms with Gasteiger partial charge < -0.3 is 72.6 Å². The van der Waals surface area contributed by atoms with Gasteiger partial charge >= 0.3 is 0 Å². The second-order valence-corrected chi connectivity index (χ2v) is 34.2. The number of aryl methyl sites for hydroxylation is 4. The fraction of sp³-hybridized carbons (Fsp3) is 0.229. The first kappa shape index (κ1) is 89.7. The number of benzene rings is 7. The number of aromatic nitrogens is 20. The summed E-state index contributed by atoms with van der Waals surface area (Å²) < 4.78 is 93.1. The van der Waals surface area contributed by atoms with Gasteiger partial charge in [-0.2, -0.15) is 0 Å². The number of imidazole rings is 4. The Labute approximate surface area is 796 Å². The van der Waals surface area contributed by atoms with Gasteiger partial charge in [0.25, 0.3) is 0 Å². The van der Waals surface area contributed by atoms with Crippen LogP contribution in [0.3, 0.4) is 0 Å². The Balaban J connectivity index is 0.000000113. The maximum absolute atomic E-state index is 13.7. The molecule has 0 fully saturated rings. The summed E-state index contributed by atoms with van der Waals surface area (Å²) in [6.07, 6.45) is 22.0. The van der Waals surface area contributed by atoms with Crippen molar-refractivity contribution >= 4 is 68.1 Å². The number of nitrogens with zero attached hydrogens (tertiary/aromatic N) is 20. The lowest BCUT2D eigenvalue weighted by atomic mass is 10.1. The smallest absolute Gasteiger partial charge is 0.223 e. The fourth-order valence-electron chi connectivity index (χ4n) is 19.3. The van der Waals surface area contributed by atoms with Crippen LogP contribution in [0.1, 0.15) is 87.0 Å². The van der Waals surface area contributed by atoms with Crippen molar-refractivity contribution in [3.63, 3.8) is 0 Å². The van der Waals surface area contributed by atoms with Crippen LogP contribution in [0.2, 0.25) is 5.02 Å². The maximum Gasteiger partial charge on any atom is 0.223 e. The van der Waals surface area contributed by atoms with E-state index in [-0.39, 0.29) is 53.4 Å². The van der Waals surface area contributed by atoms with Crippen molar-refractivity contribution in [2.45, 2.75) is 109 Å². The number of anilines is 4. The van der Waals surface area contributed by atoms with Crippen molar-refractivity contribution in [1.29, 1.82) is 0 Å². The molecular formula is C105H97ClF4N24O4. The summed E-state index contributed by atoms with van der Waals surface area (Å²) in [6.45, 7) is 8.24. The average molecular weight is 1870 g/mol. The number of halogens is 5. The van der Waals surface area contributed by atoms with Gasteiger partial charge in [-0.25, -0.2) is 82.4 Å². The molecule has 19 aromatic rings. The Morgan fingerprint density at radius 1 is 0.370 bits per heavy atom. The minimum absolute atomic E-state index is 0.0479. The molecule has 33 heteroatoms. The average Bonchev–Trinajstić information content (AvgIpc) is 1.60. The highest BCUT2D eigenvalue weighted by atomic mass is 35.5. The molecule has 5 N–H and O–H groups in total. The predicted octanol–water partition coefficient (Wildman–Crippen LogP) is 21.1. The molecule has 4 aliphatic rings. The van der Waals surface area contributed by atoms with E-state index in [1.54, 1.807) is 120 Å². The van der Waals surface area contributed by atoms with Crippen molar-refractivity contribution in [2.24, 2.45) is 0 Å². The number of nitrogens with one attached hydrogen (secondary N) is 3. The highest BCUT2D eigenvalue weighted by molar-refractivity contribution is 6.30. The molecule has 16 heterocycles. The lowest BCUT2D eigenvalue weighted by Crippen LogP contribution is -2.15. The van der Waals surface area contributed by atoms with Crippen molar-refractivity contribution in [3.8, 4) is 114 Å². The second kappa shape index (κ2) is 39.4. The first-order valence-electron chi connectivity index (χ1n) is 45.9. The molecule has 0 bridgehead atoms. The normalized spacial score (nSPS) is 14.9. The Morgan fingerprint density at radius 2 is 0.696 bits per heavy atom. The molecule has 4 aliphatic heterocycles. The van der Waals surface area contributed by atoms with E-state index in [1.807, 2.05) is 74.5 Å². The highest BCUT2D eigenvalue weighted by Gasteiger charge is 2.37. The molecule has 0 unspecified atom stereocenters. The Hall–Kier alpha value is -16.1. The lowest BCUT2D eigenvalue weighted by Gasteiger charge is -2.19. The summed E-state index contributed by atoms with van der Waals surface area (Å²) in [5.74, 6) is 7.87. The summed E-state index contributed by atoms with van der Waals surface area (Å²) in [5, 5.41) is 13.2. The molecule has 696 valence electrons. The monoisotopic (exact) mass is 1870 g/mol. The molecule has 0 radical (unpaired) electrons. The van der Waals surface area contributed by atoms with Gasteiger partial charge in [-0.15, -0.1) is 0 Å². The van der Waals surface area contributed by atoms with Gasteiger partial charge in [0.2, 0.25) is 29.7 Å². The SMILES string of the molecule is CCNc1nccc(-c2c(-c3ccc(F)cc3)nc3n2[C@H](COc2ccc(Cl)cn2)CC3)n1.CCNc1nccc(-c2c(-c3ccc(F)cc3)nc3n2[C@H](Cn2ccc4c(OC)cccc42)CC3)n1.CNc1nccc(-c2c(-c3ccc(F)cc3)nc3n2[C@H](Cn2ccc4c(OC)cccc42)CC3)n1.COc1cccc2c1ccn2C[C@@H]1CCc2nc(-c3ccc(F)cc3)c(-c3ccnc(N)n3)n21. The van der Waals surface area contributed by atoms with E-state index in [2.05, 4.69) is 133 Å². The molecule has 23 rings (SSSR count). The molecule has 138 heavy (non-hydrogen) atoms. The maximum atomic E-state index is 13.7. The quantitative estimate of drug-likeness (QED) is 0.0386. The lowest BCUT2D eigenvalue weighted by molar-refractivity contribution is 0.247. The first-order chi connectivity index (χ1) is 67.6. The van der Waals surface area contributed by atoms with Gasteiger partial charge in [0.15, 0.2) is 0 Å². The fourth-order valence-corrected chi connectivity index (χ4v) is 19.4. The van der Waals surface area contributed by atoms with E-state index in [9.17, 15) is 17.6 Å². The van der Waals surface area contributed by atoms with Crippen LogP contribution in [0, 0.1) is 23.3 Å². The minimum Gasteiger partial charge on any atom is -0.496 e. The van der Waals surface area contributed by atoms with Gasteiger partial charge in [-0.1, -0.05) is 29.8 Å². The van der Waals surface area contributed by atoms with Gasteiger partial charge in [-0.05, 0) is 222 Å². The second-order valence-electron chi connectivity index (χ2n) is 33.8. The summed E-state index contributed by atoms with van der Waals surface area (Å²) in [6, 6.07) is 62.1. The zero-order valence-corrected chi connectivity index (χ0v) is 77.3. The van der Waals surface area contributed by atoms with E-state index in [1.165, 1.54) is 48.5 Å². The third-order valence-corrected chi connectivity index (χ3v) is 25.7. The molecule has 7 aromatic carbocycles. The van der Waals surface area contributed by atoms with E-state index in [0.29, 0.717) is 47.6 Å². The molecule has 12 aromatic heterocycles. The van der Waals surface area contributed by atoms with Crippen LogP contribution >= 0.6 is 11.6 Å². The number of rotatable bonds is 25. The van der Waals surface area contributed by atoms with Gasteiger partial charge in [0.05, 0.1) is 135 Å². The van der Waals surface area contributed by atoms with Crippen LogP contribution < -0.4 is 40.6 Å². The summed E-state index contributed by atoms with van der Waals surface area (Å²) in [5.41, 5.74) is 22.6. The molecule has 0 saturated carbocycles. The van der Waals surface area contributed by atoms with Crippen LogP contribution in [0.4, 0.5) is 41.4 Å². The van der Waals surface area contributed by atoms with Crippen LogP contribution in [0.25, 0.3) is 123 Å². The highest BCUT2D eigenvalue weighted by Crippen LogP contribution is 2.47. The van der Waals surface area contributed by atoms with E-state index < -0.39 is 0 Å². The minimum atomic E-state index is -0.287. The summed E-state index contributed by atoms with van der Waals surface area (Å²) >= 11 is 5.93. The Kier molecular flexibility index (Phi) is 25.6. The number of hydrogen-bond donors (Lipinski definition) is 4. The van der Waals surface area contributed by atoms with E-state index in [4.69, 9.17) is 71.2 Å². The Bertz CT molecular complexity index is 7610. The van der Waals surface area contributed by atoms with Crippen LogP contribution in [-0.4, -0.2) is 145 Å². The van der Waals surface area contributed by atoms with Crippen molar-refractivity contribution in [1.82, 2.24) is 96.8 Å². The molecular weight excluding hydrogens is 1770 g/mol. The number of ether oxygens (including phenoxy) is 4. The van der Waals surface area contributed by atoms with Crippen LogP contribution in [0.5, 0.6) is 23.1 Å². The van der Waals surface area contributed by atoms with E-state index in [0.717, 1.165) is 236 Å². The third-order valence-electron chi connectivity index (χ3n) is 25.5. The van der Waals surface area contributed by atoms with Crippen LogP contribution in [-0.2, 0) is 45.3 Å². The zero-order chi connectivity index (χ0) is 94.6. The summed E-state index contributed by atoms with van der Waals surface area (Å²) in [7, 11) is 6.89. The molecule has 28 nitrogen and oxygen atoms in total. The molecule has 0 saturated heterocycles. The predicted molar refractivity (Wildman–Crippen MR) is 527 cm³/mol. The zero-order valence-electron chi connectivity index (χ0n) is 76.5. The molecule has 4 atom stereocenters. The van der Waals surface area contributed by atoms with Gasteiger partial charge in [-0.3, -0.25) is 0 Å². The Morgan fingerprint density at radius 3 is 1.02 bits per heavy atom. The number of fused-ring (bicyclic) bond motifs is 7. The number of hydrogen-bond acceptors (Lipinski definition) is 21. The summed E-state index contributed by atoms with van der Waals surface area (Å²) in [4.78, 5) is 60.0. The van der Waals surface area contributed by atoms with Crippen molar-refractivity contribution < 1.29 is 36.5 Å². The third kappa shape index (κ3) is 18.1. The van der Waals surface area contributed by atoms with Gasteiger partial charge in [0, 0.05) is 160 Å². The van der Waals surface area contributed by atoms with Gasteiger partial charge in [0.1, 0.15) is 70.4 Å². The van der Waals surface area contributed by atoms with Crippen molar-refractivity contribution in [3.05, 3.63) is 307 Å². The topological polar surface area (TPSA) is 301 Å². The number of pyridine rings is 1.